The van der Waals surface area contributed by atoms with Crippen molar-refractivity contribution in [1.82, 2.24) is 0 Å². The first kappa shape index (κ1) is 19.0. The van der Waals surface area contributed by atoms with E-state index >= 15 is 0 Å². The van der Waals surface area contributed by atoms with Crippen molar-refractivity contribution in [2.45, 2.75) is 52.4 Å². The second-order valence-corrected chi connectivity index (χ2v) is 6.36. The summed E-state index contributed by atoms with van der Waals surface area (Å²) < 4.78 is 10.4. The van der Waals surface area contributed by atoms with E-state index in [1.54, 1.807) is 14.0 Å². The fraction of sp³-hybridized carbons (Fsp3) is 0.579. The van der Waals surface area contributed by atoms with E-state index < -0.39 is 10.8 Å². The molecule has 0 saturated carbocycles. The van der Waals surface area contributed by atoms with E-state index in [9.17, 15) is 10.1 Å². The molecule has 1 atom stereocenters. The Bertz CT molecular complexity index is 574. The molecule has 0 spiro atoms. The second-order valence-electron chi connectivity index (χ2n) is 6.36. The molecule has 126 valence electrons. The van der Waals surface area contributed by atoms with E-state index in [4.69, 9.17) is 9.47 Å². The number of hydrogen-bond donors (Lipinski definition) is 0. The van der Waals surface area contributed by atoms with Gasteiger partial charge in [0.15, 0.2) is 0 Å². The lowest BCUT2D eigenvalue weighted by Gasteiger charge is -2.42. The largest absolute Gasteiger partial charge is 0.497 e. The molecular weight excluding hydrogens is 290 g/mol. The summed E-state index contributed by atoms with van der Waals surface area (Å²) in [5, 5.41) is 10.1. The lowest BCUT2D eigenvalue weighted by Crippen LogP contribution is -2.42. The lowest BCUT2D eigenvalue weighted by atomic mass is 9.59. The van der Waals surface area contributed by atoms with Crippen molar-refractivity contribution in [3.63, 3.8) is 0 Å². The molecule has 4 heteroatoms. The number of carbonyl (C=O) groups excluding carboxylic acids is 1. The monoisotopic (exact) mass is 317 g/mol. The van der Waals surface area contributed by atoms with E-state index in [0.29, 0.717) is 18.8 Å². The summed E-state index contributed by atoms with van der Waals surface area (Å²) in [7, 11) is 1.61. The van der Waals surface area contributed by atoms with Crippen LogP contribution in [0.25, 0.3) is 0 Å². The molecule has 0 fully saturated rings. The predicted octanol–water partition coefficient (Wildman–Crippen LogP) is 4.24. The van der Waals surface area contributed by atoms with Gasteiger partial charge in [-0.15, -0.1) is 0 Å². The third kappa shape index (κ3) is 4.04. The first-order valence-electron chi connectivity index (χ1n) is 8.08. The van der Waals surface area contributed by atoms with Crippen LogP contribution in [0.5, 0.6) is 5.75 Å². The van der Waals surface area contributed by atoms with Gasteiger partial charge in [-0.3, -0.25) is 4.79 Å². The number of benzene rings is 1. The maximum absolute atomic E-state index is 12.0. The molecule has 0 saturated heterocycles. The van der Waals surface area contributed by atoms with Gasteiger partial charge in [-0.25, -0.2) is 0 Å². The molecule has 0 aliphatic heterocycles. The van der Waals surface area contributed by atoms with Gasteiger partial charge in [0.25, 0.3) is 0 Å². The number of nitrogens with zero attached hydrogens (tertiary/aromatic N) is 1. The Kier molecular flexibility index (Phi) is 6.62. The summed E-state index contributed by atoms with van der Waals surface area (Å²) in [4.78, 5) is 12.0. The standard InChI is InChI=1S/C19H27NO3/c1-6-11-19(14-20,15-9-8-10-16(12-15)22-5)18(3,4)13-17(21)23-7-2/h8-10,12H,6-7,11,13H2,1-5H3. The van der Waals surface area contributed by atoms with Crippen molar-refractivity contribution in [3.05, 3.63) is 29.8 Å². The fourth-order valence-electron chi connectivity index (χ4n) is 3.13. The van der Waals surface area contributed by atoms with Crippen LogP contribution in [0.3, 0.4) is 0 Å². The van der Waals surface area contributed by atoms with Crippen LogP contribution in [0, 0.1) is 16.7 Å². The van der Waals surface area contributed by atoms with E-state index in [2.05, 4.69) is 6.07 Å². The van der Waals surface area contributed by atoms with E-state index in [1.807, 2.05) is 45.0 Å². The molecule has 23 heavy (non-hydrogen) atoms. The van der Waals surface area contributed by atoms with Crippen LogP contribution >= 0.6 is 0 Å². The Balaban J connectivity index is 3.35. The molecule has 1 unspecified atom stereocenters. The highest BCUT2D eigenvalue weighted by Crippen LogP contribution is 2.48. The van der Waals surface area contributed by atoms with Crippen molar-refractivity contribution in [2.24, 2.45) is 5.41 Å². The number of methoxy groups -OCH3 is 1. The lowest BCUT2D eigenvalue weighted by molar-refractivity contribution is -0.146. The van der Waals surface area contributed by atoms with Gasteiger partial charge >= 0.3 is 5.97 Å². The normalized spacial score (nSPS) is 13.7. The average Bonchev–Trinajstić information content (AvgIpc) is 2.52. The Morgan fingerprint density at radius 2 is 2.00 bits per heavy atom. The SMILES string of the molecule is CCCC(C#N)(c1cccc(OC)c1)C(C)(C)CC(=O)OCC. The van der Waals surface area contributed by atoms with Gasteiger partial charge < -0.3 is 9.47 Å². The van der Waals surface area contributed by atoms with Crippen LogP contribution in [-0.4, -0.2) is 19.7 Å². The first-order chi connectivity index (χ1) is 10.9. The quantitative estimate of drug-likeness (QED) is 0.673. The summed E-state index contributed by atoms with van der Waals surface area (Å²) >= 11 is 0. The number of carbonyl (C=O) groups is 1. The first-order valence-corrected chi connectivity index (χ1v) is 8.08. The number of ether oxygens (including phenoxy) is 2. The van der Waals surface area contributed by atoms with Crippen LogP contribution in [0.2, 0.25) is 0 Å². The van der Waals surface area contributed by atoms with Crippen molar-refractivity contribution < 1.29 is 14.3 Å². The maximum Gasteiger partial charge on any atom is 0.306 e. The molecule has 4 nitrogen and oxygen atoms in total. The third-order valence-electron chi connectivity index (χ3n) is 4.43. The van der Waals surface area contributed by atoms with E-state index in [-0.39, 0.29) is 12.4 Å². The zero-order valence-corrected chi connectivity index (χ0v) is 14.8. The molecule has 0 amide bonds. The van der Waals surface area contributed by atoms with Gasteiger partial charge in [0.1, 0.15) is 5.75 Å². The highest BCUT2D eigenvalue weighted by molar-refractivity contribution is 5.70. The summed E-state index contributed by atoms with van der Waals surface area (Å²) in [6.07, 6.45) is 1.71. The van der Waals surface area contributed by atoms with Gasteiger partial charge in [0.2, 0.25) is 0 Å². The van der Waals surface area contributed by atoms with E-state index in [0.717, 1.165) is 12.0 Å². The van der Waals surface area contributed by atoms with Crippen molar-refractivity contribution in [1.29, 1.82) is 5.26 Å². The minimum Gasteiger partial charge on any atom is -0.497 e. The average molecular weight is 317 g/mol. The third-order valence-corrected chi connectivity index (χ3v) is 4.43. The van der Waals surface area contributed by atoms with Crippen LogP contribution in [-0.2, 0) is 14.9 Å². The number of rotatable bonds is 8. The molecule has 0 aliphatic carbocycles. The van der Waals surface area contributed by atoms with Gasteiger partial charge in [-0.05, 0) is 36.5 Å². The van der Waals surface area contributed by atoms with Gasteiger partial charge in [0.05, 0.1) is 31.6 Å². The Labute approximate surface area is 139 Å². The molecule has 0 bridgehead atoms. The molecule has 0 radical (unpaired) electrons. The van der Waals surface area contributed by atoms with Crippen molar-refractivity contribution in [3.8, 4) is 11.8 Å². The van der Waals surface area contributed by atoms with Crippen LogP contribution in [0.4, 0.5) is 0 Å². The van der Waals surface area contributed by atoms with Crippen LogP contribution in [0.15, 0.2) is 24.3 Å². The van der Waals surface area contributed by atoms with Crippen molar-refractivity contribution >= 4 is 5.97 Å². The fourth-order valence-corrected chi connectivity index (χ4v) is 3.13. The minimum absolute atomic E-state index is 0.200. The number of nitriles is 1. The highest BCUT2D eigenvalue weighted by Gasteiger charge is 2.47. The zero-order chi connectivity index (χ0) is 17.5. The Hall–Kier alpha value is -2.02. The van der Waals surface area contributed by atoms with Crippen LogP contribution < -0.4 is 4.74 Å². The van der Waals surface area contributed by atoms with E-state index in [1.165, 1.54) is 0 Å². The summed E-state index contributed by atoms with van der Waals surface area (Å²) in [5.41, 5.74) is -0.449. The van der Waals surface area contributed by atoms with Gasteiger partial charge in [-0.2, -0.15) is 5.26 Å². The Morgan fingerprint density at radius 3 is 2.52 bits per heavy atom. The maximum atomic E-state index is 12.0. The predicted molar refractivity (Wildman–Crippen MR) is 90.2 cm³/mol. The molecular formula is C19H27NO3. The summed E-state index contributed by atoms with van der Waals surface area (Å²) in [6, 6.07) is 10.1. The molecule has 1 rings (SSSR count). The molecule has 1 aromatic rings. The smallest absolute Gasteiger partial charge is 0.306 e. The Morgan fingerprint density at radius 1 is 1.30 bits per heavy atom. The van der Waals surface area contributed by atoms with Gasteiger partial charge in [-0.1, -0.05) is 39.3 Å². The molecule has 0 N–H and O–H groups in total. The molecule has 1 aromatic carbocycles. The molecule has 0 aliphatic rings. The topological polar surface area (TPSA) is 59.3 Å². The molecule has 0 heterocycles. The van der Waals surface area contributed by atoms with Crippen LogP contribution in [0.1, 0.15) is 52.5 Å². The second kappa shape index (κ2) is 8.01. The summed E-state index contributed by atoms with van der Waals surface area (Å²) in [6.45, 7) is 8.11. The minimum atomic E-state index is -0.775. The zero-order valence-electron chi connectivity index (χ0n) is 14.8. The summed E-state index contributed by atoms with van der Waals surface area (Å²) in [5.74, 6) is 0.446. The van der Waals surface area contributed by atoms with Crippen molar-refractivity contribution in [2.75, 3.05) is 13.7 Å². The number of esters is 1. The molecule has 0 aromatic heterocycles. The number of hydrogen-bond acceptors (Lipinski definition) is 4. The highest BCUT2D eigenvalue weighted by atomic mass is 16.5. The van der Waals surface area contributed by atoms with Gasteiger partial charge in [0, 0.05) is 0 Å².